The third kappa shape index (κ3) is 4.75. The summed E-state index contributed by atoms with van der Waals surface area (Å²) in [5.74, 6) is 2.55. The summed E-state index contributed by atoms with van der Waals surface area (Å²) in [5.41, 5.74) is 1.43. The van der Waals surface area contributed by atoms with Gasteiger partial charge in [0.25, 0.3) is 0 Å². The lowest BCUT2D eigenvalue weighted by Gasteiger charge is -2.31. The second kappa shape index (κ2) is 8.74. The Morgan fingerprint density at radius 2 is 1.79 bits per heavy atom. The van der Waals surface area contributed by atoms with Crippen LogP contribution in [-0.4, -0.2) is 26.3 Å². The van der Waals surface area contributed by atoms with E-state index in [1.165, 1.54) is 24.8 Å². The summed E-state index contributed by atoms with van der Waals surface area (Å²) < 4.78 is 11.0. The van der Waals surface area contributed by atoms with Crippen LogP contribution in [0.5, 0.6) is 11.5 Å². The molecule has 0 aliphatic carbocycles. The van der Waals surface area contributed by atoms with E-state index in [4.69, 9.17) is 9.47 Å². The van der Waals surface area contributed by atoms with Crippen molar-refractivity contribution in [1.29, 1.82) is 0 Å². The highest BCUT2D eigenvalue weighted by Crippen LogP contribution is 2.30. The summed E-state index contributed by atoms with van der Waals surface area (Å²) in [6.45, 7) is 1.89. The number of hydrogen-bond donors (Lipinski definition) is 1. The molecule has 0 amide bonds. The van der Waals surface area contributed by atoms with Crippen molar-refractivity contribution in [2.24, 2.45) is 0 Å². The summed E-state index contributed by atoms with van der Waals surface area (Å²) in [6.07, 6.45) is 4.67. The lowest BCUT2D eigenvalue weighted by molar-refractivity contribution is 0.278. The molecule has 0 radical (unpaired) electrons. The highest BCUT2D eigenvalue weighted by Gasteiger charge is 2.22. The maximum Gasteiger partial charge on any atom is 0.119 e. The van der Waals surface area contributed by atoms with Crippen LogP contribution in [0.15, 0.2) is 54.6 Å². The van der Waals surface area contributed by atoms with Gasteiger partial charge in [-0.05, 0) is 68.0 Å². The quantitative estimate of drug-likeness (QED) is 0.766. The topological polar surface area (TPSA) is 30.5 Å². The van der Waals surface area contributed by atoms with E-state index in [2.05, 4.69) is 29.6 Å². The molecular formula is C21H27NO2. The first kappa shape index (κ1) is 16.8. The summed E-state index contributed by atoms with van der Waals surface area (Å²) >= 11 is 0. The van der Waals surface area contributed by atoms with E-state index in [1.54, 1.807) is 7.11 Å². The van der Waals surface area contributed by atoms with Crippen LogP contribution in [0.3, 0.4) is 0 Å². The number of methoxy groups -OCH3 is 1. The van der Waals surface area contributed by atoms with Gasteiger partial charge in [-0.2, -0.15) is 0 Å². The SMILES string of the molecule is COc1ccc(C2CCNC(CCCOc3ccccc3)C2)cc1. The van der Waals surface area contributed by atoms with E-state index < -0.39 is 0 Å². The van der Waals surface area contributed by atoms with Crippen molar-refractivity contribution in [3.8, 4) is 11.5 Å². The molecule has 0 spiro atoms. The van der Waals surface area contributed by atoms with Crippen molar-refractivity contribution >= 4 is 0 Å². The van der Waals surface area contributed by atoms with Gasteiger partial charge in [-0.1, -0.05) is 30.3 Å². The molecule has 128 valence electrons. The minimum absolute atomic E-state index is 0.588. The van der Waals surface area contributed by atoms with Crippen molar-refractivity contribution in [2.75, 3.05) is 20.3 Å². The molecular weight excluding hydrogens is 298 g/mol. The fourth-order valence-corrected chi connectivity index (χ4v) is 3.44. The monoisotopic (exact) mass is 325 g/mol. The average molecular weight is 325 g/mol. The van der Waals surface area contributed by atoms with Crippen LogP contribution in [0.25, 0.3) is 0 Å². The van der Waals surface area contributed by atoms with Crippen LogP contribution in [-0.2, 0) is 0 Å². The lowest BCUT2D eigenvalue weighted by atomic mass is 9.85. The molecule has 2 aromatic carbocycles. The van der Waals surface area contributed by atoms with E-state index in [0.29, 0.717) is 12.0 Å². The third-order valence-corrected chi connectivity index (χ3v) is 4.79. The molecule has 2 aromatic rings. The molecule has 1 N–H and O–H groups in total. The van der Waals surface area contributed by atoms with Crippen LogP contribution < -0.4 is 14.8 Å². The Hall–Kier alpha value is -2.00. The van der Waals surface area contributed by atoms with E-state index in [0.717, 1.165) is 31.1 Å². The van der Waals surface area contributed by atoms with Gasteiger partial charge in [0.1, 0.15) is 11.5 Å². The van der Waals surface area contributed by atoms with E-state index in [1.807, 2.05) is 30.3 Å². The summed E-state index contributed by atoms with van der Waals surface area (Å²) in [5, 5.41) is 3.66. The number of piperidine rings is 1. The van der Waals surface area contributed by atoms with Gasteiger partial charge >= 0.3 is 0 Å². The number of para-hydroxylation sites is 1. The lowest BCUT2D eigenvalue weighted by Crippen LogP contribution is -2.37. The van der Waals surface area contributed by atoms with Crippen molar-refractivity contribution in [3.05, 3.63) is 60.2 Å². The van der Waals surface area contributed by atoms with Crippen LogP contribution >= 0.6 is 0 Å². The maximum absolute atomic E-state index is 5.79. The Morgan fingerprint density at radius 3 is 2.54 bits per heavy atom. The Kier molecular flexibility index (Phi) is 6.13. The van der Waals surface area contributed by atoms with E-state index in [9.17, 15) is 0 Å². The van der Waals surface area contributed by atoms with Gasteiger partial charge in [-0.25, -0.2) is 0 Å². The molecule has 1 fully saturated rings. The molecule has 1 saturated heterocycles. The predicted octanol–water partition coefficient (Wildman–Crippen LogP) is 4.39. The minimum atomic E-state index is 0.588. The zero-order chi connectivity index (χ0) is 16.6. The molecule has 2 atom stereocenters. The fourth-order valence-electron chi connectivity index (χ4n) is 3.44. The van der Waals surface area contributed by atoms with Crippen molar-refractivity contribution in [2.45, 2.75) is 37.6 Å². The molecule has 1 aliphatic rings. The van der Waals surface area contributed by atoms with E-state index in [-0.39, 0.29) is 0 Å². The summed E-state index contributed by atoms with van der Waals surface area (Å²) in [4.78, 5) is 0. The summed E-state index contributed by atoms with van der Waals surface area (Å²) in [7, 11) is 1.72. The second-order valence-corrected chi connectivity index (χ2v) is 6.45. The van der Waals surface area contributed by atoms with Crippen LogP contribution in [0.4, 0.5) is 0 Å². The Balaban J connectivity index is 1.43. The zero-order valence-corrected chi connectivity index (χ0v) is 14.4. The van der Waals surface area contributed by atoms with E-state index >= 15 is 0 Å². The van der Waals surface area contributed by atoms with Gasteiger partial charge in [0, 0.05) is 6.04 Å². The number of hydrogen-bond acceptors (Lipinski definition) is 3. The first-order valence-electron chi connectivity index (χ1n) is 8.90. The average Bonchev–Trinajstić information content (AvgIpc) is 2.66. The smallest absolute Gasteiger partial charge is 0.119 e. The Bertz CT molecular complexity index is 597. The first-order chi connectivity index (χ1) is 11.8. The van der Waals surface area contributed by atoms with Crippen molar-refractivity contribution in [3.63, 3.8) is 0 Å². The largest absolute Gasteiger partial charge is 0.497 e. The number of benzene rings is 2. The zero-order valence-electron chi connectivity index (χ0n) is 14.4. The number of ether oxygens (including phenoxy) is 2. The summed E-state index contributed by atoms with van der Waals surface area (Å²) in [6, 6.07) is 19.2. The predicted molar refractivity (Wildman–Crippen MR) is 97.9 cm³/mol. The maximum atomic E-state index is 5.79. The highest BCUT2D eigenvalue weighted by molar-refractivity contribution is 5.29. The first-order valence-corrected chi connectivity index (χ1v) is 8.90. The van der Waals surface area contributed by atoms with Gasteiger partial charge in [0.15, 0.2) is 0 Å². The minimum Gasteiger partial charge on any atom is -0.497 e. The highest BCUT2D eigenvalue weighted by atomic mass is 16.5. The van der Waals surface area contributed by atoms with Gasteiger partial charge in [-0.3, -0.25) is 0 Å². The van der Waals surface area contributed by atoms with Crippen LogP contribution in [0.2, 0.25) is 0 Å². The van der Waals surface area contributed by atoms with Crippen molar-refractivity contribution in [1.82, 2.24) is 5.32 Å². The van der Waals surface area contributed by atoms with Gasteiger partial charge in [0.05, 0.1) is 13.7 Å². The molecule has 2 unspecified atom stereocenters. The molecule has 0 bridgehead atoms. The Morgan fingerprint density at radius 1 is 1.00 bits per heavy atom. The molecule has 0 saturated carbocycles. The molecule has 3 nitrogen and oxygen atoms in total. The molecule has 3 rings (SSSR count). The number of rotatable bonds is 7. The van der Waals surface area contributed by atoms with Crippen LogP contribution in [0, 0.1) is 0 Å². The Labute approximate surface area is 145 Å². The van der Waals surface area contributed by atoms with Crippen LogP contribution in [0.1, 0.15) is 37.2 Å². The molecule has 24 heavy (non-hydrogen) atoms. The third-order valence-electron chi connectivity index (χ3n) is 4.79. The second-order valence-electron chi connectivity index (χ2n) is 6.45. The molecule has 0 aromatic heterocycles. The molecule has 1 aliphatic heterocycles. The van der Waals surface area contributed by atoms with Gasteiger partial charge in [0.2, 0.25) is 0 Å². The molecule has 1 heterocycles. The molecule has 3 heteroatoms. The van der Waals surface area contributed by atoms with Gasteiger partial charge < -0.3 is 14.8 Å². The standard InChI is InChI=1S/C21H27NO2/c1-23-20-11-9-17(10-12-20)18-13-14-22-19(16-18)6-5-15-24-21-7-3-2-4-8-21/h2-4,7-12,18-19,22H,5-6,13-16H2,1H3. The fraction of sp³-hybridized carbons (Fsp3) is 0.429. The van der Waals surface area contributed by atoms with Crippen molar-refractivity contribution < 1.29 is 9.47 Å². The van der Waals surface area contributed by atoms with Gasteiger partial charge in [-0.15, -0.1) is 0 Å². The normalized spacial score (nSPS) is 20.5. The number of nitrogens with one attached hydrogen (secondary N) is 1.